The summed E-state index contributed by atoms with van der Waals surface area (Å²) in [5.41, 5.74) is 3.05. The van der Waals surface area contributed by atoms with Crippen LogP contribution in [0.1, 0.15) is 45.6 Å². The van der Waals surface area contributed by atoms with Gasteiger partial charge in [-0.05, 0) is 51.3 Å². The molecule has 0 spiro atoms. The zero-order valence-electron chi connectivity index (χ0n) is 14.7. The largest absolute Gasteiger partial charge is 0.352 e. The fourth-order valence-electron chi connectivity index (χ4n) is 2.77. The maximum Gasteiger partial charge on any atom is 0.220 e. The smallest absolute Gasteiger partial charge is 0.220 e. The highest BCUT2D eigenvalue weighted by molar-refractivity contribution is 6.30. The van der Waals surface area contributed by atoms with E-state index in [-0.39, 0.29) is 17.5 Å². The van der Waals surface area contributed by atoms with E-state index in [1.54, 1.807) is 32.9 Å². The van der Waals surface area contributed by atoms with Crippen LogP contribution in [0.5, 0.6) is 0 Å². The van der Waals surface area contributed by atoms with Gasteiger partial charge in [-0.15, -0.1) is 0 Å². The molecule has 0 unspecified atom stereocenters. The summed E-state index contributed by atoms with van der Waals surface area (Å²) in [6.45, 7) is 5.49. The lowest BCUT2D eigenvalue weighted by atomic mass is 9.84. The molecule has 1 aliphatic carbocycles. The zero-order chi connectivity index (χ0) is 18.6. The molecule has 1 N–H and O–H groups in total. The standard InChI is InChI=1S/C20H22ClNO3/c1-12-13(2)20(25)17(14(3)19(12)24)5-4-6-18(23)22-11-15-7-9-16(21)10-8-15/h7-10H,4-6,11H2,1-3H3,(H,22,23). The van der Waals surface area contributed by atoms with Crippen LogP contribution in [0.3, 0.4) is 0 Å². The van der Waals surface area contributed by atoms with Gasteiger partial charge in [0.05, 0.1) is 0 Å². The molecule has 0 aliphatic heterocycles. The Labute approximate surface area is 152 Å². The second-order valence-electron chi connectivity index (χ2n) is 6.27. The average Bonchev–Trinajstić information content (AvgIpc) is 2.60. The lowest BCUT2D eigenvalue weighted by Crippen LogP contribution is -2.23. The summed E-state index contributed by atoms with van der Waals surface area (Å²) >= 11 is 5.82. The first kappa shape index (κ1) is 19.1. The molecule has 0 saturated heterocycles. The van der Waals surface area contributed by atoms with Crippen molar-refractivity contribution in [2.24, 2.45) is 0 Å². The maximum absolute atomic E-state index is 12.3. The third-order valence-electron chi connectivity index (χ3n) is 4.54. The second kappa shape index (κ2) is 8.26. The first-order valence-electron chi connectivity index (χ1n) is 8.29. The number of rotatable bonds is 6. The third-order valence-corrected chi connectivity index (χ3v) is 4.80. The quantitative estimate of drug-likeness (QED) is 0.783. The van der Waals surface area contributed by atoms with E-state index in [0.29, 0.717) is 53.1 Å². The molecule has 0 heterocycles. The lowest BCUT2D eigenvalue weighted by molar-refractivity contribution is -0.121. The molecular weight excluding hydrogens is 338 g/mol. The third kappa shape index (κ3) is 4.67. The van der Waals surface area contributed by atoms with Crippen molar-refractivity contribution in [3.8, 4) is 0 Å². The van der Waals surface area contributed by atoms with Crippen molar-refractivity contribution in [3.05, 3.63) is 57.1 Å². The summed E-state index contributed by atoms with van der Waals surface area (Å²) < 4.78 is 0. The summed E-state index contributed by atoms with van der Waals surface area (Å²) in [7, 11) is 0. The molecule has 1 aliphatic rings. The molecule has 132 valence electrons. The Hall–Kier alpha value is -2.20. The Kier molecular flexibility index (Phi) is 6.32. The van der Waals surface area contributed by atoms with Crippen LogP contribution in [0.2, 0.25) is 5.02 Å². The van der Waals surface area contributed by atoms with Gasteiger partial charge in [-0.3, -0.25) is 14.4 Å². The van der Waals surface area contributed by atoms with Crippen molar-refractivity contribution in [2.75, 3.05) is 0 Å². The molecule has 0 fully saturated rings. The van der Waals surface area contributed by atoms with Gasteiger partial charge in [-0.1, -0.05) is 23.7 Å². The van der Waals surface area contributed by atoms with Crippen molar-refractivity contribution in [2.45, 2.75) is 46.6 Å². The number of allylic oxidation sites excluding steroid dienone is 4. The van der Waals surface area contributed by atoms with E-state index in [2.05, 4.69) is 5.32 Å². The first-order chi connectivity index (χ1) is 11.8. The molecule has 1 amide bonds. The molecule has 0 aromatic heterocycles. The number of ketones is 2. The van der Waals surface area contributed by atoms with Crippen LogP contribution in [0.25, 0.3) is 0 Å². The first-order valence-corrected chi connectivity index (χ1v) is 8.66. The van der Waals surface area contributed by atoms with Crippen molar-refractivity contribution in [3.63, 3.8) is 0 Å². The number of carbonyl (C=O) groups is 3. The van der Waals surface area contributed by atoms with Crippen LogP contribution in [0.15, 0.2) is 46.6 Å². The average molecular weight is 360 g/mol. The van der Waals surface area contributed by atoms with E-state index >= 15 is 0 Å². The number of benzene rings is 1. The van der Waals surface area contributed by atoms with Gasteiger partial charge in [0.1, 0.15) is 0 Å². The summed E-state index contributed by atoms with van der Waals surface area (Å²) in [6, 6.07) is 7.28. The Morgan fingerprint density at radius 1 is 0.960 bits per heavy atom. The molecule has 4 nitrogen and oxygen atoms in total. The second-order valence-corrected chi connectivity index (χ2v) is 6.70. The highest BCUT2D eigenvalue weighted by atomic mass is 35.5. The number of halogens is 1. The van der Waals surface area contributed by atoms with Crippen LogP contribution >= 0.6 is 11.6 Å². The van der Waals surface area contributed by atoms with E-state index < -0.39 is 0 Å². The minimum atomic E-state index is -0.0776. The van der Waals surface area contributed by atoms with Gasteiger partial charge in [0.15, 0.2) is 11.6 Å². The van der Waals surface area contributed by atoms with Gasteiger partial charge in [-0.25, -0.2) is 0 Å². The van der Waals surface area contributed by atoms with Gasteiger partial charge < -0.3 is 5.32 Å². The molecule has 1 aromatic carbocycles. The summed E-state index contributed by atoms with van der Waals surface area (Å²) in [4.78, 5) is 36.4. The van der Waals surface area contributed by atoms with Crippen LogP contribution in [0.4, 0.5) is 0 Å². The Morgan fingerprint density at radius 3 is 2.20 bits per heavy atom. The van der Waals surface area contributed by atoms with Gasteiger partial charge >= 0.3 is 0 Å². The van der Waals surface area contributed by atoms with Crippen LogP contribution in [-0.2, 0) is 20.9 Å². The predicted octanol–water partition coefficient (Wildman–Crippen LogP) is 3.93. The molecule has 2 rings (SSSR count). The Balaban J connectivity index is 1.84. The van der Waals surface area contributed by atoms with Crippen molar-refractivity contribution < 1.29 is 14.4 Å². The van der Waals surface area contributed by atoms with Crippen LogP contribution < -0.4 is 5.32 Å². The van der Waals surface area contributed by atoms with E-state index in [4.69, 9.17) is 11.6 Å². The molecule has 0 atom stereocenters. The molecule has 0 radical (unpaired) electrons. The van der Waals surface area contributed by atoms with Crippen molar-refractivity contribution in [1.29, 1.82) is 0 Å². The van der Waals surface area contributed by atoms with E-state index in [1.807, 2.05) is 12.1 Å². The zero-order valence-corrected chi connectivity index (χ0v) is 15.5. The monoisotopic (exact) mass is 359 g/mol. The highest BCUT2D eigenvalue weighted by Crippen LogP contribution is 2.27. The van der Waals surface area contributed by atoms with Crippen molar-refractivity contribution in [1.82, 2.24) is 5.32 Å². The number of Topliss-reactive ketones (excluding diaryl/α,β-unsaturated/α-hetero) is 2. The predicted molar refractivity (Wildman–Crippen MR) is 98.2 cm³/mol. The fourth-order valence-corrected chi connectivity index (χ4v) is 2.90. The highest BCUT2D eigenvalue weighted by Gasteiger charge is 2.27. The number of hydrogen-bond acceptors (Lipinski definition) is 3. The molecule has 0 saturated carbocycles. The van der Waals surface area contributed by atoms with Gasteiger partial charge in [0, 0.05) is 40.3 Å². The van der Waals surface area contributed by atoms with Gasteiger partial charge in [0.2, 0.25) is 5.91 Å². The van der Waals surface area contributed by atoms with Gasteiger partial charge in [0.25, 0.3) is 0 Å². The SMILES string of the molecule is CC1=C(C)C(=O)C(CCCC(=O)NCc2ccc(Cl)cc2)=C(C)C1=O. The lowest BCUT2D eigenvalue weighted by Gasteiger charge is -2.18. The molecule has 25 heavy (non-hydrogen) atoms. The summed E-state index contributed by atoms with van der Waals surface area (Å²) in [5.74, 6) is -0.221. The number of nitrogens with one attached hydrogen (secondary N) is 1. The van der Waals surface area contributed by atoms with Crippen LogP contribution in [-0.4, -0.2) is 17.5 Å². The number of carbonyl (C=O) groups excluding carboxylic acids is 3. The fraction of sp³-hybridized carbons (Fsp3) is 0.350. The minimum absolute atomic E-state index is 0.0701. The van der Waals surface area contributed by atoms with E-state index in [0.717, 1.165) is 5.56 Å². The Bertz CT molecular complexity index is 773. The van der Waals surface area contributed by atoms with E-state index in [1.165, 1.54) is 0 Å². The number of amides is 1. The molecule has 5 heteroatoms. The Morgan fingerprint density at radius 2 is 1.56 bits per heavy atom. The molecule has 0 bridgehead atoms. The molecule has 1 aromatic rings. The summed E-state index contributed by atoms with van der Waals surface area (Å²) in [6.07, 6.45) is 1.29. The minimum Gasteiger partial charge on any atom is -0.352 e. The normalized spacial score (nSPS) is 15.0. The van der Waals surface area contributed by atoms with Crippen molar-refractivity contribution >= 4 is 29.1 Å². The van der Waals surface area contributed by atoms with E-state index in [9.17, 15) is 14.4 Å². The topological polar surface area (TPSA) is 63.2 Å². The molecular formula is C20H22ClNO3. The van der Waals surface area contributed by atoms with Gasteiger partial charge in [-0.2, -0.15) is 0 Å². The van der Waals surface area contributed by atoms with Crippen LogP contribution in [0, 0.1) is 0 Å². The summed E-state index contributed by atoms with van der Waals surface area (Å²) in [5, 5.41) is 3.50. The maximum atomic E-state index is 12.3. The number of hydrogen-bond donors (Lipinski definition) is 1.